The Balaban J connectivity index is 0.000000208. The number of anilines is 2. The van der Waals surface area contributed by atoms with Crippen LogP contribution in [0.5, 0.6) is 0 Å². The number of carbonyl (C=O) groups excluding carboxylic acids is 3. The van der Waals surface area contributed by atoms with Crippen LogP contribution in [0.3, 0.4) is 0 Å². The van der Waals surface area contributed by atoms with E-state index in [4.69, 9.17) is 46.4 Å². The fourth-order valence-electron chi connectivity index (χ4n) is 5.48. The molecule has 4 N–H and O–H groups in total. The average Bonchev–Trinajstić information content (AvgIpc) is 3.82. The maximum atomic E-state index is 12.6. The first-order chi connectivity index (χ1) is 32.3. The number of nitrogens with zero attached hydrogens (tertiary/aromatic N) is 2. The van der Waals surface area contributed by atoms with Gasteiger partial charge in [0, 0.05) is 31.5 Å². The van der Waals surface area contributed by atoms with Gasteiger partial charge in [-0.3, -0.25) is 19.0 Å². The molecule has 0 spiro atoms. The third-order valence-electron chi connectivity index (χ3n) is 8.59. The Bertz CT molecular complexity index is 2960. The van der Waals surface area contributed by atoms with Crippen molar-refractivity contribution in [2.75, 3.05) is 9.44 Å². The lowest BCUT2D eigenvalue weighted by Crippen LogP contribution is -2.19. The smallest absolute Gasteiger partial charge is 0.264 e. The van der Waals surface area contributed by atoms with Crippen molar-refractivity contribution < 1.29 is 31.2 Å². The summed E-state index contributed by atoms with van der Waals surface area (Å²) in [7, 11) is -7.52. The Kier molecular flexibility index (Phi) is 17.7. The lowest BCUT2D eigenvalue weighted by molar-refractivity contribution is -0.116. The van der Waals surface area contributed by atoms with Crippen molar-refractivity contribution in [3.63, 3.8) is 0 Å². The maximum Gasteiger partial charge on any atom is 0.264 e. The van der Waals surface area contributed by atoms with Crippen molar-refractivity contribution in [1.29, 1.82) is 0 Å². The monoisotopic (exact) mass is 1060 g/mol. The highest BCUT2D eigenvalue weighted by atomic mass is 35.5. The number of aliphatic imine (C=N–C) groups is 2. The normalized spacial score (nSPS) is 15.8. The molecule has 0 saturated carbocycles. The predicted octanol–water partition coefficient (Wildman–Crippen LogP) is 12.0. The minimum Gasteiger partial charge on any atom is -0.300 e. The number of carbonyl (C=O) groups is 3. The maximum absolute atomic E-state index is 12.6. The van der Waals surface area contributed by atoms with E-state index in [2.05, 4.69) is 30.1 Å². The molecule has 0 aliphatic carbocycles. The molecule has 68 heavy (non-hydrogen) atoms. The molecule has 21 heteroatoms. The number of amides is 2. The molecule has 0 aromatic heterocycles. The summed E-state index contributed by atoms with van der Waals surface area (Å²) >= 11 is 25.8. The number of benzene rings is 6. The number of sulfonamides is 2. The molecular weight excluding hydrogens is 1030 g/mol. The molecule has 2 aliphatic heterocycles. The van der Waals surface area contributed by atoms with Gasteiger partial charge in [-0.25, -0.2) is 26.8 Å². The van der Waals surface area contributed by atoms with Gasteiger partial charge in [0.2, 0.25) is 0 Å². The van der Waals surface area contributed by atoms with Crippen molar-refractivity contribution >= 4 is 153 Å². The third kappa shape index (κ3) is 15.6. The van der Waals surface area contributed by atoms with Crippen LogP contribution in [0.25, 0.3) is 12.2 Å². The van der Waals surface area contributed by atoms with Gasteiger partial charge in [-0.1, -0.05) is 70.7 Å². The van der Waals surface area contributed by atoms with Crippen LogP contribution in [0.15, 0.2) is 175 Å². The van der Waals surface area contributed by atoms with Crippen LogP contribution in [-0.4, -0.2) is 44.8 Å². The number of rotatable bonds is 10. The Hall–Kier alpha value is -5.89. The van der Waals surface area contributed by atoms with Crippen molar-refractivity contribution in [3.8, 4) is 0 Å². The molecule has 2 fully saturated rings. The number of nitrogens with one attached hydrogen (secondary N) is 4. The van der Waals surface area contributed by atoms with Crippen molar-refractivity contribution in [1.82, 2.24) is 10.6 Å². The summed E-state index contributed by atoms with van der Waals surface area (Å²) in [5, 5.41) is 8.49. The fraction of sp³-hybridized carbons (Fsp3) is 0.0426. The first kappa shape index (κ1) is 51.5. The first-order valence-corrected chi connectivity index (χ1v) is 25.8. The van der Waals surface area contributed by atoms with E-state index in [1.807, 2.05) is 24.3 Å². The Morgan fingerprint density at radius 2 is 0.765 bits per heavy atom. The Labute approximate surface area is 421 Å². The van der Waals surface area contributed by atoms with Gasteiger partial charge in [-0.15, -0.1) is 0 Å². The van der Waals surface area contributed by atoms with E-state index >= 15 is 0 Å². The van der Waals surface area contributed by atoms with E-state index in [9.17, 15) is 31.2 Å². The van der Waals surface area contributed by atoms with Gasteiger partial charge in [0.05, 0.1) is 31.0 Å². The zero-order valence-electron chi connectivity index (χ0n) is 35.4. The molecule has 2 amide bonds. The molecule has 0 bridgehead atoms. The topological polar surface area (TPSA) is 192 Å². The zero-order chi connectivity index (χ0) is 49.0. The number of thioether (sulfide) groups is 2. The molecule has 6 aromatic rings. The lowest BCUT2D eigenvalue weighted by atomic mass is 10.2. The van der Waals surface area contributed by atoms with Gasteiger partial charge >= 0.3 is 0 Å². The number of hydrogen-bond donors (Lipinski definition) is 4. The minimum absolute atomic E-state index is 0.0860. The van der Waals surface area contributed by atoms with E-state index in [1.165, 1.54) is 61.6 Å². The van der Waals surface area contributed by atoms with Crippen LogP contribution in [0.4, 0.5) is 22.7 Å². The quantitative estimate of drug-likeness (QED) is 0.0966. The molecule has 0 unspecified atom stereocenters. The number of amidine groups is 2. The minimum atomic E-state index is -3.76. The largest absolute Gasteiger partial charge is 0.300 e. The van der Waals surface area contributed by atoms with Gasteiger partial charge in [0.15, 0.2) is 10.3 Å². The predicted molar refractivity (Wildman–Crippen MR) is 278 cm³/mol. The highest BCUT2D eigenvalue weighted by Gasteiger charge is 2.25. The van der Waals surface area contributed by atoms with E-state index in [0.717, 1.165) is 11.1 Å². The van der Waals surface area contributed by atoms with Crippen LogP contribution in [0, 0.1) is 0 Å². The van der Waals surface area contributed by atoms with E-state index < -0.39 is 20.0 Å². The summed E-state index contributed by atoms with van der Waals surface area (Å²) in [6.45, 7) is 3.06. The second-order valence-electron chi connectivity index (χ2n) is 14.2. The molecule has 2 heterocycles. The molecule has 2 saturated heterocycles. The van der Waals surface area contributed by atoms with Gasteiger partial charge in [-0.2, -0.15) is 0 Å². The molecule has 2 aliphatic rings. The highest BCUT2D eigenvalue weighted by molar-refractivity contribution is 8.19. The summed E-state index contributed by atoms with van der Waals surface area (Å²) < 4.78 is 55.3. The van der Waals surface area contributed by atoms with Crippen molar-refractivity contribution in [3.05, 3.63) is 187 Å². The SMILES string of the molecule is CC(C)=O.O=C1NC(=Nc2ccc(S(=O)(=O)Nc3ccc(Cl)cc3)cc2)S/C1=C\c1ccc(Cl)cc1.O=C1NC(=Nc2ccc(S(=O)(=O)Nc3ccc(Cl)cc3)cc2)S/C1=C\c1ccc(Cl)cc1. The molecule has 0 atom stereocenters. The number of halogens is 4. The van der Waals surface area contributed by atoms with Crippen LogP contribution >= 0.6 is 69.9 Å². The van der Waals surface area contributed by atoms with Crippen molar-refractivity contribution in [2.45, 2.75) is 23.6 Å². The molecule has 8 rings (SSSR count). The van der Waals surface area contributed by atoms with Crippen LogP contribution in [0.1, 0.15) is 25.0 Å². The van der Waals surface area contributed by atoms with Crippen LogP contribution in [0.2, 0.25) is 20.1 Å². The third-order valence-corrected chi connectivity index (χ3v) is 14.2. The van der Waals surface area contributed by atoms with E-state index in [0.29, 0.717) is 63.0 Å². The average molecular weight is 1070 g/mol. The Morgan fingerprint density at radius 3 is 1.06 bits per heavy atom. The van der Waals surface area contributed by atoms with E-state index in [1.54, 1.807) is 109 Å². The van der Waals surface area contributed by atoms with Crippen molar-refractivity contribution in [2.24, 2.45) is 9.98 Å². The van der Waals surface area contributed by atoms with E-state index in [-0.39, 0.29) is 27.4 Å². The van der Waals surface area contributed by atoms with Gasteiger partial charge in [0.25, 0.3) is 31.9 Å². The summed E-state index contributed by atoms with van der Waals surface area (Å²) in [4.78, 5) is 43.8. The molecule has 0 radical (unpaired) electrons. The summed E-state index contributed by atoms with van der Waals surface area (Å²) in [5.74, 6) is -0.342. The second kappa shape index (κ2) is 23.4. The van der Waals surface area contributed by atoms with Gasteiger partial charge < -0.3 is 15.4 Å². The van der Waals surface area contributed by atoms with Gasteiger partial charge in [0.1, 0.15) is 5.78 Å². The molecular formula is C47H36Cl4N6O7S4. The zero-order valence-corrected chi connectivity index (χ0v) is 41.7. The van der Waals surface area contributed by atoms with Gasteiger partial charge in [-0.05, 0) is 182 Å². The van der Waals surface area contributed by atoms with Crippen LogP contribution in [-0.2, 0) is 34.4 Å². The summed E-state index contributed by atoms with van der Waals surface area (Å²) in [6.07, 6.45) is 3.49. The highest BCUT2D eigenvalue weighted by Crippen LogP contribution is 2.31. The fourth-order valence-corrected chi connectivity index (χ4v) is 9.78. The molecule has 13 nitrogen and oxygen atoms in total. The number of ketones is 1. The number of Topliss-reactive ketones (excluding diaryl/α,β-unsaturated/α-hetero) is 1. The lowest BCUT2D eigenvalue weighted by Gasteiger charge is -2.08. The summed E-state index contributed by atoms with van der Waals surface area (Å²) in [5.41, 5.74) is 3.51. The summed E-state index contributed by atoms with van der Waals surface area (Å²) in [6, 6.07) is 39.0. The standard InChI is InChI=1S/2C22H15Cl2N3O3S2.C3H6O/c2*23-15-3-1-14(2-4-15)13-20-21(28)26-22(31-20)25-17-9-11-19(12-10-17)32(29,30)27-18-7-5-16(24)6-8-18;1-3(2)4/h2*1-13,27H,(H,25,26,28);1-2H3/b2*20-13-;. The molecule has 6 aromatic carbocycles. The second-order valence-corrected chi connectivity index (χ2v) is 21.4. The number of hydrogen-bond acceptors (Lipinski definition) is 11. The molecule has 348 valence electrons. The Morgan fingerprint density at radius 1 is 0.485 bits per heavy atom. The first-order valence-electron chi connectivity index (χ1n) is 19.6. The van der Waals surface area contributed by atoms with Crippen LogP contribution < -0.4 is 20.1 Å².